The number of carbonyl (C=O) groups excluding carboxylic acids is 1. The van der Waals surface area contributed by atoms with E-state index < -0.39 is 6.03 Å². The molecular weight excluding hydrogens is 238 g/mol. The average molecular weight is 251 g/mol. The van der Waals surface area contributed by atoms with Crippen LogP contribution in [0.2, 0.25) is 0 Å². The van der Waals surface area contributed by atoms with Crippen LogP contribution in [-0.2, 0) is 0 Å². The number of hydrogen-bond donors (Lipinski definition) is 2. The summed E-state index contributed by atoms with van der Waals surface area (Å²) < 4.78 is 0. The summed E-state index contributed by atoms with van der Waals surface area (Å²) >= 11 is 0. The highest BCUT2D eigenvalue weighted by molar-refractivity contribution is 6.00. The van der Waals surface area contributed by atoms with E-state index in [0.29, 0.717) is 0 Å². The van der Waals surface area contributed by atoms with Crippen LogP contribution in [-0.4, -0.2) is 11.0 Å². The fraction of sp³-hybridized carbons (Fsp3) is 0. The molecule has 0 radical (unpaired) electrons. The van der Waals surface area contributed by atoms with E-state index in [1.807, 2.05) is 60.8 Å². The van der Waals surface area contributed by atoms with Crippen LogP contribution >= 0.6 is 0 Å². The van der Waals surface area contributed by atoms with Gasteiger partial charge in [0.05, 0.1) is 11.4 Å². The predicted molar refractivity (Wildman–Crippen MR) is 76.5 cm³/mol. The van der Waals surface area contributed by atoms with Crippen molar-refractivity contribution in [2.75, 3.05) is 4.90 Å². The summed E-state index contributed by atoms with van der Waals surface area (Å²) in [4.78, 5) is 16.3. The number of nitrogens with one attached hydrogen (secondary N) is 1. The van der Waals surface area contributed by atoms with Crippen molar-refractivity contribution in [1.82, 2.24) is 4.98 Å². The van der Waals surface area contributed by atoms with Crippen LogP contribution in [0, 0.1) is 0 Å². The Labute approximate surface area is 110 Å². The summed E-state index contributed by atoms with van der Waals surface area (Å²) in [5.74, 6) is 0. The third-order valence-corrected chi connectivity index (χ3v) is 3.03. The minimum atomic E-state index is -0.499. The maximum absolute atomic E-state index is 11.7. The van der Waals surface area contributed by atoms with Gasteiger partial charge in [-0.05, 0) is 36.4 Å². The topological polar surface area (TPSA) is 62.1 Å². The van der Waals surface area contributed by atoms with Gasteiger partial charge in [-0.15, -0.1) is 0 Å². The lowest BCUT2D eigenvalue weighted by Crippen LogP contribution is -2.31. The lowest BCUT2D eigenvalue weighted by Gasteiger charge is -2.20. The molecule has 0 fully saturated rings. The van der Waals surface area contributed by atoms with Crippen molar-refractivity contribution < 1.29 is 4.79 Å². The Morgan fingerprint density at radius 1 is 1.00 bits per heavy atom. The summed E-state index contributed by atoms with van der Waals surface area (Å²) in [7, 11) is 0. The number of H-pyrrole nitrogens is 1. The first kappa shape index (κ1) is 11.3. The van der Waals surface area contributed by atoms with Gasteiger partial charge in [-0.25, -0.2) is 4.79 Å². The van der Waals surface area contributed by atoms with Gasteiger partial charge in [-0.2, -0.15) is 0 Å². The zero-order valence-corrected chi connectivity index (χ0v) is 10.2. The number of nitrogens with two attached hydrogens (primary N) is 1. The van der Waals surface area contributed by atoms with E-state index in [-0.39, 0.29) is 0 Å². The van der Waals surface area contributed by atoms with E-state index >= 15 is 0 Å². The number of urea groups is 1. The molecular formula is C15H13N3O. The number of nitrogens with zero attached hydrogens (tertiary/aromatic N) is 1. The highest BCUT2D eigenvalue weighted by Gasteiger charge is 2.14. The Hall–Kier alpha value is -2.75. The zero-order valence-electron chi connectivity index (χ0n) is 10.2. The number of aromatic amines is 1. The Morgan fingerprint density at radius 2 is 1.79 bits per heavy atom. The molecule has 0 spiro atoms. The molecule has 0 aliphatic heterocycles. The Bertz CT molecular complexity index is 718. The van der Waals surface area contributed by atoms with E-state index in [2.05, 4.69) is 4.98 Å². The summed E-state index contributed by atoms with van der Waals surface area (Å²) in [5, 5.41) is 1.04. The lowest BCUT2D eigenvalue weighted by atomic mass is 10.2. The molecule has 1 aromatic heterocycles. The molecule has 0 aliphatic carbocycles. The molecule has 4 nitrogen and oxygen atoms in total. The largest absolute Gasteiger partial charge is 0.361 e. The second kappa shape index (κ2) is 4.49. The molecule has 0 saturated carbocycles. The smallest absolute Gasteiger partial charge is 0.323 e. The number of fused-ring (bicyclic) bond motifs is 1. The fourth-order valence-corrected chi connectivity index (χ4v) is 2.16. The standard InChI is InChI=1S/C15H13N3O/c16-15(19)18(12-4-2-1-3-5-12)13-6-7-14-11(10-13)8-9-17-14/h1-10,17H,(H2,16,19). The minimum absolute atomic E-state index is 0.499. The number of aromatic nitrogens is 1. The molecule has 0 aliphatic rings. The number of amides is 2. The summed E-state index contributed by atoms with van der Waals surface area (Å²) in [5.41, 5.74) is 8.04. The quantitative estimate of drug-likeness (QED) is 0.720. The summed E-state index contributed by atoms with van der Waals surface area (Å²) in [6.07, 6.45) is 1.87. The highest BCUT2D eigenvalue weighted by atomic mass is 16.2. The Balaban J connectivity index is 2.12. The third kappa shape index (κ3) is 2.04. The number of benzene rings is 2. The molecule has 3 aromatic rings. The molecule has 0 bridgehead atoms. The normalized spacial score (nSPS) is 10.5. The van der Waals surface area contributed by atoms with Crippen LogP contribution in [0.4, 0.5) is 16.2 Å². The maximum atomic E-state index is 11.7. The molecule has 0 saturated heterocycles. The van der Waals surface area contributed by atoms with Crippen LogP contribution in [0.1, 0.15) is 0 Å². The zero-order chi connectivity index (χ0) is 13.2. The van der Waals surface area contributed by atoms with E-state index in [0.717, 1.165) is 22.3 Å². The molecule has 0 atom stereocenters. The molecule has 19 heavy (non-hydrogen) atoms. The van der Waals surface area contributed by atoms with Crippen molar-refractivity contribution in [3.63, 3.8) is 0 Å². The molecule has 2 aromatic carbocycles. The molecule has 3 rings (SSSR count). The van der Waals surface area contributed by atoms with Gasteiger partial charge in [0.15, 0.2) is 0 Å². The Kier molecular flexibility index (Phi) is 2.68. The second-order valence-electron chi connectivity index (χ2n) is 4.26. The molecule has 1 heterocycles. The highest BCUT2D eigenvalue weighted by Crippen LogP contribution is 2.27. The second-order valence-corrected chi connectivity index (χ2v) is 4.26. The van der Waals surface area contributed by atoms with Gasteiger partial charge >= 0.3 is 6.03 Å². The van der Waals surface area contributed by atoms with Gasteiger partial charge in [0, 0.05) is 17.1 Å². The molecule has 3 N–H and O–H groups in total. The third-order valence-electron chi connectivity index (χ3n) is 3.03. The molecule has 0 unspecified atom stereocenters. The predicted octanol–water partition coefficient (Wildman–Crippen LogP) is 3.38. The Morgan fingerprint density at radius 3 is 2.53 bits per heavy atom. The van der Waals surface area contributed by atoms with Crippen molar-refractivity contribution in [2.45, 2.75) is 0 Å². The number of primary amides is 1. The van der Waals surface area contributed by atoms with Crippen molar-refractivity contribution in [3.05, 3.63) is 60.8 Å². The van der Waals surface area contributed by atoms with Crippen LogP contribution in [0.15, 0.2) is 60.8 Å². The minimum Gasteiger partial charge on any atom is -0.361 e. The number of para-hydroxylation sites is 1. The number of rotatable bonds is 2. The fourth-order valence-electron chi connectivity index (χ4n) is 2.16. The van der Waals surface area contributed by atoms with Crippen LogP contribution in [0.5, 0.6) is 0 Å². The monoisotopic (exact) mass is 251 g/mol. The molecule has 4 heteroatoms. The first-order chi connectivity index (χ1) is 9.25. The van der Waals surface area contributed by atoms with Gasteiger partial charge in [0.1, 0.15) is 0 Å². The van der Waals surface area contributed by atoms with E-state index in [4.69, 9.17) is 5.73 Å². The lowest BCUT2D eigenvalue weighted by molar-refractivity contribution is 0.256. The van der Waals surface area contributed by atoms with Crippen molar-refractivity contribution in [3.8, 4) is 0 Å². The summed E-state index contributed by atoms with van der Waals surface area (Å²) in [6, 6.07) is 16.6. The van der Waals surface area contributed by atoms with E-state index in [1.165, 1.54) is 4.90 Å². The van der Waals surface area contributed by atoms with Crippen LogP contribution in [0.3, 0.4) is 0 Å². The number of carbonyl (C=O) groups is 1. The maximum Gasteiger partial charge on any atom is 0.323 e. The molecule has 2 amide bonds. The SMILES string of the molecule is NC(=O)N(c1ccccc1)c1ccc2[nH]ccc2c1. The number of anilines is 2. The van der Waals surface area contributed by atoms with Crippen molar-refractivity contribution in [1.29, 1.82) is 0 Å². The van der Waals surface area contributed by atoms with E-state index in [9.17, 15) is 4.79 Å². The van der Waals surface area contributed by atoms with Crippen LogP contribution < -0.4 is 10.6 Å². The van der Waals surface area contributed by atoms with Gasteiger partial charge in [-0.3, -0.25) is 4.90 Å². The van der Waals surface area contributed by atoms with Gasteiger partial charge in [0.2, 0.25) is 0 Å². The summed E-state index contributed by atoms with van der Waals surface area (Å²) in [6.45, 7) is 0. The van der Waals surface area contributed by atoms with Crippen molar-refractivity contribution in [2.24, 2.45) is 5.73 Å². The van der Waals surface area contributed by atoms with Crippen LogP contribution in [0.25, 0.3) is 10.9 Å². The first-order valence-corrected chi connectivity index (χ1v) is 5.97. The van der Waals surface area contributed by atoms with Gasteiger partial charge in [-0.1, -0.05) is 18.2 Å². The molecule has 94 valence electrons. The van der Waals surface area contributed by atoms with E-state index in [1.54, 1.807) is 0 Å². The van der Waals surface area contributed by atoms with Crippen molar-refractivity contribution >= 4 is 28.3 Å². The first-order valence-electron chi connectivity index (χ1n) is 5.97. The van der Waals surface area contributed by atoms with Gasteiger partial charge in [0.25, 0.3) is 0 Å². The number of hydrogen-bond acceptors (Lipinski definition) is 1. The van der Waals surface area contributed by atoms with Gasteiger partial charge < -0.3 is 10.7 Å². The average Bonchev–Trinajstić information content (AvgIpc) is 2.87.